The maximum atomic E-state index is 13.5. The fourth-order valence-electron chi connectivity index (χ4n) is 1.50. The molecule has 0 saturated carbocycles. The van der Waals surface area contributed by atoms with E-state index in [1.54, 1.807) is 24.0 Å². The SMILES string of the molecule is Cn1nccc1CNc1c(N)ccc(F)c1F. The lowest BCUT2D eigenvalue weighted by Crippen LogP contribution is -2.09. The van der Waals surface area contributed by atoms with Crippen LogP contribution < -0.4 is 11.1 Å². The maximum Gasteiger partial charge on any atom is 0.183 e. The molecule has 0 unspecified atom stereocenters. The van der Waals surface area contributed by atoms with Crippen LogP contribution >= 0.6 is 0 Å². The highest BCUT2D eigenvalue weighted by Gasteiger charge is 2.11. The first-order chi connectivity index (χ1) is 8.09. The Morgan fingerprint density at radius 3 is 2.76 bits per heavy atom. The molecule has 0 amide bonds. The number of hydrogen-bond donors (Lipinski definition) is 2. The van der Waals surface area contributed by atoms with Crippen LogP contribution in [0.1, 0.15) is 5.69 Å². The first-order valence-corrected chi connectivity index (χ1v) is 5.04. The molecule has 0 fully saturated rings. The molecule has 1 aromatic carbocycles. The standard InChI is InChI=1S/C11H12F2N4/c1-17-7(4-5-16-17)6-15-11-9(14)3-2-8(12)10(11)13/h2-5,15H,6,14H2,1H3. The van der Waals surface area contributed by atoms with Crippen molar-refractivity contribution in [3.8, 4) is 0 Å². The van der Waals surface area contributed by atoms with Crippen LogP contribution in [0, 0.1) is 11.6 Å². The van der Waals surface area contributed by atoms with Gasteiger partial charge >= 0.3 is 0 Å². The Hall–Kier alpha value is -2.11. The van der Waals surface area contributed by atoms with Gasteiger partial charge in [0.1, 0.15) is 0 Å². The van der Waals surface area contributed by atoms with Crippen LogP contribution in [0.15, 0.2) is 24.4 Å². The summed E-state index contributed by atoms with van der Waals surface area (Å²) < 4.78 is 28.1. The van der Waals surface area contributed by atoms with Gasteiger partial charge in [0.05, 0.1) is 23.6 Å². The molecule has 4 nitrogen and oxygen atoms in total. The third kappa shape index (κ3) is 2.20. The van der Waals surface area contributed by atoms with Crippen molar-refractivity contribution in [2.75, 3.05) is 11.1 Å². The highest BCUT2D eigenvalue weighted by molar-refractivity contribution is 5.66. The molecule has 0 spiro atoms. The average Bonchev–Trinajstić information content (AvgIpc) is 2.70. The van der Waals surface area contributed by atoms with Gasteiger partial charge in [-0.25, -0.2) is 8.78 Å². The Labute approximate surface area is 97.0 Å². The van der Waals surface area contributed by atoms with E-state index in [1.165, 1.54) is 6.07 Å². The monoisotopic (exact) mass is 238 g/mol. The molecule has 3 N–H and O–H groups in total. The molecular formula is C11H12F2N4. The summed E-state index contributed by atoms with van der Waals surface area (Å²) in [6.07, 6.45) is 1.63. The normalized spacial score (nSPS) is 10.5. The molecule has 0 aliphatic carbocycles. The Balaban J connectivity index is 2.20. The zero-order valence-electron chi connectivity index (χ0n) is 9.24. The number of nitrogen functional groups attached to an aromatic ring is 1. The van der Waals surface area contributed by atoms with Crippen LogP contribution in [0.2, 0.25) is 0 Å². The Morgan fingerprint density at radius 2 is 2.12 bits per heavy atom. The second kappa shape index (κ2) is 4.40. The topological polar surface area (TPSA) is 55.9 Å². The fourth-order valence-corrected chi connectivity index (χ4v) is 1.50. The van der Waals surface area contributed by atoms with Gasteiger partial charge in [0.25, 0.3) is 0 Å². The molecule has 90 valence electrons. The largest absolute Gasteiger partial charge is 0.397 e. The number of hydrogen-bond acceptors (Lipinski definition) is 3. The molecule has 1 aromatic heterocycles. The molecule has 2 rings (SSSR count). The van der Waals surface area contributed by atoms with E-state index in [1.807, 2.05) is 0 Å². The zero-order chi connectivity index (χ0) is 12.4. The van der Waals surface area contributed by atoms with Gasteiger partial charge in [0.2, 0.25) is 0 Å². The minimum atomic E-state index is -0.966. The predicted octanol–water partition coefficient (Wildman–Crippen LogP) is 1.89. The Kier molecular flexibility index (Phi) is 2.95. The van der Waals surface area contributed by atoms with Gasteiger partial charge in [-0.2, -0.15) is 5.10 Å². The van der Waals surface area contributed by atoms with E-state index >= 15 is 0 Å². The van der Waals surface area contributed by atoms with E-state index < -0.39 is 11.6 Å². The zero-order valence-corrected chi connectivity index (χ0v) is 9.24. The smallest absolute Gasteiger partial charge is 0.183 e. The maximum absolute atomic E-state index is 13.5. The number of rotatable bonds is 3. The van der Waals surface area contributed by atoms with Crippen LogP contribution in [0.25, 0.3) is 0 Å². The number of anilines is 2. The van der Waals surface area contributed by atoms with E-state index in [0.29, 0.717) is 6.54 Å². The first kappa shape index (κ1) is 11.4. The van der Waals surface area contributed by atoms with Crippen LogP contribution in [-0.2, 0) is 13.6 Å². The van der Waals surface area contributed by atoms with Crippen LogP contribution in [0.4, 0.5) is 20.2 Å². The predicted molar refractivity (Wildman–Crippen MR) is 61.3 cm³/mol. The minimum Gasteiger partial charge on any atom is -0.397 e. The van der Waals surface area contributed by atoms with E-state index in [4.69, 9.17) is 5.73 Å². The van der Waals surface area contributed by atoms with Crippen molar-refractivity contribution in [3.63, 3.8) is 0 Å². The molecule has 0 atom stereocenters. The molecule has 0 radical (unpaired) electrons. The second-order valence-corrected chi connectivity index (χ2v) is 3.63. The summed E-state index contributed by atoms with van der Waals surface area (Å²) in [5.41, 5.74) is 6.57. The van der Waals surface area contributed by atoms with Gasteiger partial charge in [-0.1, -0.05) is 0 Å². The summed E-state index contributed by atoms with van der Waals surface area (Å²) in [7, 11) is 1.77. The Morgan fingerprint density at radius 1 is 1.35 bits per heavy atom. The van der Waals surface area contributed by atoms with Crippen molar-refractivity contribution < 1.29 is 8.78 Å². The van der Waals surface area contributed by atoms with Crippen molar-refractivity contribution in [2.24, 2.45) is 7.05 Å². The van der Waals surface area contributed by atoms with Crippen molar-refractivity contribution in [1.29, 1.82) is 0 Å². The summed E-state index contributed by atoms with van der Waals surface area (Å²) in [4.78, 5) is 0. The average molecular weight is 238 g/mol. The number of halogens is 2. The lowest BCUT2D eigenvalue weighted by Gasteiger charge is -2.10. The summed E-state index contributed by atoms with van der Waals surface area (Å²) in [5, 5.41) is 6.73. The summed E-state index contributed by atoms with van der Waals surface area (Å²) in [6, 6.07) is 4.10. The molecule has 0 bridgehead atoms. The van der Waals surface area contributed by atoms with Crippen molar-refractivity contribution in [3.05, 3.63) is 41.7 Å². The number of aromatic nitrogens is 2. The third-order valence-electron chi connectivity index (χ3n) is 2.50. The van der Waals surface area contributed by atoms with E-state index in [2.05, 4.69) is 10.4 Å². The van der Waals surface area contributed by atoms with Crippen molar-refractivity contribution in [1.82, 2.24) is 9.78 Å². The number of nitrogens with one attached hydrogen (secondary N) is 1. The number of nitrogens with two attached hydrogens (primary N) is 1. The third-order valence-corrected chi connectivity index (χ3v) is 2.50. The number of nitrogens with zero attached hydrogens (tertiary/aromatic N) is 2. The van der Waals surface area contributed by atoms with E-state index in [9.17, 15) is 8.78 Å². The highest BCUT2D eigenvalue weighted by atomic mass is 19.2. The molecular weight excluding hydrogens is 226 g/mol. The summed E-state index contributed by atoms with van der Waals surface area (Å²) in [5.74, 6) is -1.89. The quantitative estimate of drug-likeness (QED) is 0.803. The fraction of sp³-hybridized carbons (Fsp3) is 0.182. The van der Waals surface area contributed by atoms with Gasteiger partial charge in [0.15, 0.2) is 11.6 Å². The second-order valence-electron chi connectivity index (χ2n) is 3.63. The number of benzene rings is 1. The molecule has 17 heavy (non-hydrogen) atoms. The molecule has 6 heteroatoms. The molecule has 0 saturated heterocycles. The highest BCUT2D eigenvalue weighted by Crippen LogP contribution is 2.24. The van der Waals surface area contributed by atoms with E-state index in [0.717, 1.165) is 11.8 Å². The lowest BCUT2D eigenvalue weighted by molar-refractivity contribution is 0.511. The van der Waals surface area contributed by atoms with Gasteiger partial charge in [-0.15, -0.1) is 0 Å². The van der Waals surface area contributed by atoms with Crippen LogP contribution in [0.3, 0.4) is 0 Å². The van der Waals surface area contributed by atoms with Gasteiger partial charge in [-0.3, -0.25) is 4.68 Å². The number of aryl methyl sites for hydroxylation is 1. The summed E-state index contributed by atoms with van der Waals surface area (Å²) in [6.45, 7) is 0.321. The van der Waals surface area contributed by atoms with E-state index in [-0.39, 0.29) is 11.4 Å². The first-order valence-electron chi connectivity index (χ1n) is 5.04. The van der Waals surface area contributed by atoms with Crippen molar-refractivity contribution >= 4 is 11.4 Å². The van der Waals surface area contributed by atoms with Crippen LogP contribution in [-0.4, -0.2) is 9.78 Å². The van der Waals surface area contributed by atoms with Crippen molar-refractivity contribution in [2.45, 2.75) is 6.54 Å². The Bertz CT molecular complexity index is 536. The van der Waals surface area contributed by atoms with Crippen LogP contribution in [0.5, 0.6) is 0 Å². The summed E-state index contributed by atoms with van der Waals surface area (Å²) >= 11 is 0. The lowest BCUT2D eigenvalue weighted by atomic mass is 10.2. The van der Waals surface area contributed by atoms with Gasteiger partial charge in [-0.05, 0) is 18.2 Å². The molecule has 2 aromatic rings. The van der Waals surface area contributed by atoms with Gasteiger partial charge < -0.3 is 11.1 Å². The van der Waals surface area contributed by atoms with Gasteiger partial charge in [0, 0.05) is 13.2 Å². The minimum absolute atomic E-state index is 0.0220. The molecule has 0 aliphatic rings. The molecule has 1 heterocycles. The molecule has 0 aliphatic heterocycles.